The van der Waals surface area contributed by atoms with Crippen LogP contribution in [-0.2, 0) is 0 Å². The summed E-state index contributed by atoms with van der Waals surface area (Å²) in [4.78, 5) is 13.9. The predicted molar refractivity (Wildman–Crippen MR) is 137 cm³/mol. The lowest BCUT2D eigenvalue weighted by molar-refractivity contribution is 1.03. The number of rotatable bonds is 3. The van der Waals surface area contributed by atoms with Crippen LogP contribution in [0.4, 0.5) is 0 Å². The number of benzene rings is 4. The molecule has 152 valence electrons. The fourth-order valence-electron chi connectivity index (χ4n) is 3.92. The summed E-state index contributed by atoms with van der Waals surface area (Å²) in [6, 6.07) is 33.6. The van der Waals surface area contributed by atoms with E-state index in [0.29, 0.717) is 16.4 Å². The second-order valence-corrected chi connectivity index (χ2v) is 9.30. The molecule has 0 fully saturated rings. The van der Waals surface area contributed by atoms with Gasteiger partial charge in [-0.15, -0.1) is 11.3 Å². The quantitative estimate of drug-likeness (QED) is 0.250. The van der Waals surface area contributed by atoms with Gasteiger partial charge in [0.05, 0.1) is 0 Å². The van der Waals surface area contributed by atoms with Gasteiger partial charge in [-0.05, 0) is 51.3 Å². The Morgan fingerprint density at radius 1 is 0.500 bits per heavy atom. The highest BCUT2D eigenvalue weighted by Crippen LogP contribution is 2.36. The van der Waals surface area contributed by atoms with Crippen molar-refractivity contribution < 1.29 is 0 Å². The second kappa shape index (κ2) is 7.93. The Morgan fingerprint density at radius 3 is 1.91 bits per heavy atom. The maximum atomic E-state index is 4.80. The second-order valence-electron chi connectivity index (χ2n) is 7.50. The lowest BCUT2D eigenvalue weighted by atomic mass is 10.0. The van der Waals surface area contributed by atoms with E-state index in [1.807, 2.05) is 18.2 Å². The number of fused-ring (bicyclic) bond motifs is 3. The van der Waals surface area contributed by atoms with Crippen LogP contribution in [0, 0.1) is 0 Å². The third kappa shape index (κ3) is 3.49. The van der Waals surface area contributed by atoms with Crippen molar-refractivity contribution in [1.29, 1.82) is 0 Å². The highest BCUT2D eigenvalue weighted by molar-refractivity contribution is 9.10. The molecule has 6 aromatic rings. The van der Waals surface area contributed by atoms with E-state index >= 15 is 0 Å². The summed E-state index contributed by atoms with van der Waals surface area (Å²) in [6.07, 6.45) is 0. The number of aromatic nitrogens is 3. The molecule has 0 spiro atoms. The Kier molecular flexibility index (Phi) is 4.78. The zero-order chi connectivity index (χ0) is 21.5. The van der Waals surface area contributed by atoms with E-state index in [2.05, 4.69) is 105 Å². The molecule has 4 aromatic carbocycles. The van der Waals surface area contributed by atoms with E-state index < -0.39 is 0 Å². The minimum Gasteiger partial charge on any atom is -0.208 e. The van der Waals surface area contributed by atoms with E-state index in [-0.39, 0.29) is 0 Å². The maximum absolute atomic E-state index is 4.80. The molecular formula is C27H16BrN3S. The standard InChI is InChI=1S/C27H16BrN3S/c28-27-30-25(19-12-10-18(11-13-19)17-6-2-1-3-7-17)29-26(31-27)20-14-15-24-22(16-20)21-8-4-5-9-23(21)32-24/h1-16H. The molecule has 0 amide bonds. The van der Waals surface area contributed by atoms with Gasteiger partial charge in [0.15, 0.2) is 11.6 Å². The van der Waals surface area contributed by atoms with E-state index in [4.69, 9.17) is 4.98 Å². The smallest absolute Gasteiger partial charge is 0.200 e. The summed E-state index contributed by atoms with van der Waals surface area (Å²) in [7, 11) is 0. The summed E-state index contributed by atoms with van der Waals surface area (Å²) < 4.78 is 3.08. The van der Waals surface area contributed by atoms with Crippen LogP contribution >= 0.6 is 27.3 Å². The third-order valence-electron chi connectivity index (χ3n) is 5.49. The van der Waals surface area contributed by atoms with E-state index in [1.54, 1.807) is 11.3 Å². The summed E-state index contributed by atoms with van der Waals surface area (Å²) in [5, 5.41) is 2.49. The van der Waals surface area contributed by atoms with Gasteiger partial charge in [0.2, 0.25) is 4.73 Å². The fraction of sp³-hybridized carbons (Fsp3) is 0. The number of thiophene rings is 1. The molecular weight excluding hydrogens is 478 g/mol. The molecule has 2 heterocycles. The van der Waals surface area contributed by atoms with Crippen LogP contribution in [0.1, 0.15) is 0 Å². The first-order valence-electron chi connectivity index (χ1n) is 10.2. The van der Waals surface area contributed by atoms with Crippen molar-refractivity contribution in [1.82, 2.24) is 15.0 Å². The molecule has 0 radical (unpaired) electrons. The molecule has 0 saturated heterocycles. The first-order valence-corrected chi connectivity index (χ1v) is 11.8. The molecule has 0 bridgehead atoms. The summed E-state index contributed by atoms with van der Waals surface area (Å²) in [5.41, 5.74) is 4.28. The van der Waals surface area contributed by atoms with Crippen molar-refractivity contribution >= 4 is 47.4 Å². The highest BCUT2D eigenvalue weighted by Gasteiger charge is 2.12. The zero-order valence-corrected chi connectivity index (χ0v) is 19.3. The fourth-order valence-corrected chi connectivity index (χ4v) is 5.34. The Labute approximate surface area is 197 Å². The van der Waals surface area contributed by atoms with Crippen LogP contribution in [0.5, 0.6) is 0 Å². The first kappa shape index (κ1) is 19.3. The average Bonchev–Trinajstić information content (AvgIpc) is 3.22. The van der Waals surface area contributed by atoms with Crippen molar-refractivity contribution in [2.24, 2.45) is 0 Å². The van der Waals surface area contributed by atoms with Crippen molar-refractivity contribution in [3.8, 4) is 33.9 Å². The summed E-state index contributed by atoms with van der Waals surface area (Å²) in [5.74, 6) is 1.31. The molecule has 6 rings (SSSR count). The van der Waals surface area contributed by atoms with Crippen LogP contribution in [0.25, 0.3) is 54.1 Å². The van der Waals surface area contributed by atoms with E-state index in [1.165, 1.54) is 25.7 Å². The van der Waals surface area contributed by atoms with E-state index in [0.717, 1.165) is 16.7 Å². The SMILES string of the molecule is Brc1nc(-c2ccc(-c3ccccc3)cc2)nc(-c2ccc3sc4ccccc4c3c2)n1. The first-order chi connectivity index (χ1) is 15.7. The molecule has 0 unspecified atom stereocenters. The number of halogens is 1. The van der Waals surface area contributed by atoms with Crippen molar-refractivity contribution in [3.05, 3.63) is 102 Å². The Morgan fingerprint density at radius 2 is 1.09 bits per heavy atom. The molecule has 32 heavy (non-hydrogen) atoms. The van der Waals surface area contributed by atoms with Crippen LogP contribution < -0.4 is 0 Å². The van der Waals surface area contributed by atoms with Gasteiger partial charge in [-0.1, -0.05) is 72.8 Å². The van der Waals surface area contributed by atoms with Gasteiger partial charge >= 0.3 is 0 Å². The van der Waals surface area contributed by atoms with Crippen LogP contribution in [0.2, 0.25) is 0 Å². The molecule has 0 aliphatic heterocycles. The van der Waals surface area contributed by atoms with Crippen LogP contribution in [0.3, 0.4) is 0 Å². The molecule has 0 N–H and O–H groups in total. The van der Waals surface area contributed by atoms with Crippen molar-refractivity contribution in [2.75, 3.05) is 0 Å². The van der Waals surface area contributed by atoms with Gasteiger partial charge in [0.25, 0.3) is 0 Å². The van der Waals surface area contributed by atoms with Gasteiger partial charge in [0.1, 0.15) is 0 Å². The van der Waals surface area contributed by atoms with Gasteiger partial charge in [-0.3, -0.25) is 0 Å². The molecule has 2 aromatic heterocycles. The third-order valence-corrected chi connectivity index (χ3v) is 7.00. The summed E-state index contributed by atoms with van der Waals surface area (Å²) in [6.45, 7) is 0. The number of hydrogen-bond donors (Lipinski definition) is 0. The minimum absolute atomic E-state index is 0.528. The van der Waals surface area contributed by atoms with Crippen molar-refractivity contribution in [3.63, 3.8) is 0 Å². The normalized spacial score (nSPS) is 11.3. The lowest BCUT2D eigenvalue weighted by Gasteiger charge is -2.07. The van der Waals surface area contributed by atoms with Gasteiger partial charge in [-0.2, -0.15) is 0 Å². The zero-order valence-electron chi connectivity index (χ0n) is 16.9. The lowest BCUT2D eigenvalue weighted by Crippen LogP contribution is -1.97. The predicted octanol–water partition coefficient (Wildman–Crippen LogP) is 8.00. The molecule has 5 heteroatoms. The topological polar surface area (TPSA) is 38.7 Å². The highest BCUT2D eigenvalue weighted by atomic mass is 79.9. The minimum atomic E-state index is 0.528. The van der Waals surface area contributed by atoms with Gasteiger partial charge in [-0.25, -0.2) is 15.0 Å². The largest absolute Gasteiger partial charge is 0.208 e. The van der Waals surface area contributed by atoms with Gasteiger partial charge in [0, 0.05) is 31.3 Å². The maximum Gasteiger partial charge on any atom is 0.200 e. The van der Waals surface area contributed by atoms with E-state index in [9.17, 15) is 0 Å². The molecule has 0 atom stereocenters. The van der Waals surface area contributed by atoms with Crippen LogP contribution in [-0.4, -0.2) is 15.0 Å². The molecule has 0 aliphatic carbocycles. The van der Waals surface area contributed by atoms with Crippen LogP contribution in [0.15, 0.2) is 102 Å². The molecule has 3 nitrogen and oxygen atoms in total. The monoisotopic (exact) mass is 493 g/mol. The Bertz CT molecular complexity index is 1570. The molecule has 0 aliphatic rings. The number of hydrogen-bond acceptors (Lipinski definition) is 4. The average molecular weight is 494 g/mol. The number of nitrogens with zero attached hydrogens (tertiary/aromatic N) is 3. The molecule has 0 saturated carbocycles. The van der Waals surface area contributed by atoms with Crippen molar-refractivity contribution in [2.45, 2.75) is 0 Å². The Hall–Kier alpha value is -3.41. The summed E-state index contributed by atoms with van der Waals surface area (Å²) >= 11 is 5.29. The van der Waals surface area contributed by atoms with Gasteiger partial charge < -0.3 is 0 Å². The Balaban J connectivity index is 1.42.